The summed E-state index contributed by atoms with van der Waals surface area (Å²) in [5.74, 6) is -0.754. The van der Waals surface area contributed by atoms with Gasteiger partial charge >= 0.3 is 5.97 Å². The van der Waals surface area contributed by atoms with Crippen molar-refractivity contribution in [3.63, 3.8) is 0 Å². The van der Waals surface area contributed by atoms with Crippen LogP contribution in [0.4, 0.5) is 0 Å². The number of nitrogens with zero attached hydrogens (tertiary/aromatic N) is 1. The van der Waals surface area contributed by atoms with Gasteiger partial charge in [0.2, 0.25) is 0 Å². The summed E-state index contributed by atoms with van der Waals surface area (Å²) in [5, 5.41) is 4.09. The summed E-state index contributed by atoms with van der Waals surface area (Å²) < 4.78 is 27.7. The van der Waals surface area contributed by atoms with Crippen LogP contribution in [0.15, 0.2) is 35.5 Å². The molecule has 0 N–H and O–H groups in total. The molecule has 0 unspecified atom stereocenters. The van der Waals surface area contributed by atoms with Crippen LogP contribution in [0, 0.1) is 0 Å². The van der Waals surface area contributed by atoms with E-state index in [-0.39, 0.29) is 13.0 Å². The van der Waals surface area contributed by atoms with Gasteiger partial charge in [0.25, 0.3) is 0 Å². The van der Waals surface area contributed by atoms with Gasteiger partial charge in [-0.3, -0.25) is 4.79 Å². The van der Waals surface area contributed by atoms with E-state index >= 15 is 0 Å². The molecule has 0 aliphatic carbocycles. The number of sulfone groups is 1. The summed E-state index contributed by atoms with van der Waals surface area (Å²) in [5.41, 5.74) is 2.74. The van der Waals surface area contributed by atoms with E-state index in [2.05, 4.69) is 5.16 Å². The van der Waals surface area contributed by atoms with Crippen molar-refractivity contribution in [2.75, 3.05) is 12.9 Å². The van der Waals surface area contributed by atoms with E-state index < -0.39 is 26.7 Å². The SMILES string of the molecule is C/C=C\c1ccc(C2=NO[C@@H](C[C@](C)(C(=O)OCC)S(C)(=O)=O)C2)cc1. The number of oxime groups is 1. The topological polar surface area (TPSA) is 82.0 Å². The molecule has 0 radical (unpaired) electrons. The molecule has 0 spiro atoms. The second-order valence-corrected chi connectivity index (χ2v) is 8.96. The largest absolute Gasteiger partial charge is 0.465 e. The van der Waals surface area contributed by atoms with Crippen LogP contribution < -0.4 is 0 Å². The van der Waals surface area contributed by atoms with Gasteiger partial charge in [-0.05, 0) is 31.9 Å². The lowest BCUT2D eigenvalue weighted by molar-refractivity contribution is -0.146. The molecule has 0 bridgehead atoms. The number of ether oxygens (including phenoxy) is 1. The summed E-state index contributed by atoms with van der Waals surface area (Å²) in [6.07, 6.45) is 4.94. The zero-order valence-corrected chi connectivity index (χ0v) is 16.4. The molecule has 2 atom stereocenters. The van der Waals surface area contributed by atoms with Crippen molar-refractivity contribution in [3.8, 4) is 0 Å². The van der Waals surface area contributed by atoms with Gasteiger partial charge < -0.3 is 9.57 Å². The zero-order valence-electron chi connectivity index (χ0n) is 15.6. The third-order valence-corrected chi connectivity index (χ3v) is 6.45. The van der Waals surface area contributed by atoms with Gasteiger partial charge in [-0.1, -0.05) is 41.6 Å². The lowest BCUT2D eigenvalue weighted by atomic mass is 9.96. The Labute approximate surface area is 154 Å². The van der Waals surface area contributed by atoms with Crippen LogP contribution in [0.5, 0.6) is 0 Å². The van der Waals surface area contributed by atoms with E-state index in [0.29, 0.717) is 6.42 Å². The number of rotatable bonds is 7. The molecular formula is C19H25NO5S. The summed E-state index contributed by atoms with van der Waals surface area (Å²) in [4.78, 5) is 17.7. The van der Waals surface area contributed by atoms with Crippen LogP contribution in [0.2, 0.25) is 0 Å². The fourth-order valence-electron chi connectivity index (χ4n) is 2.79. The van der Waals surface area contributed by atoms with Crippen LogP contribution in [-0.4, -0.2) is 43.8 Å². The maximum atomic E-state index is 12.2. The standard InChI is InChI=1S/C19H25NO5S/c1-5-7-14-8-10-15(11-9-14)17-12-16(25-20-17)13-19(3,26(4,22)23)18(21)24-6-2/h5,7-11,16H,6,12-13H2,1-4H3/b7-5-/t16-,19-/m1/s1. The van der Waals surface area contributed by atoms with Crippen LogP contribution in [0.25, 0.3) is 6.08 Å². The summed E-state index contributed by atoms with van der Waals surface area (Å²) in [6, 6.07) is 7.84. The molecule has 1 aliphatic heterocycles. The molecule has 142 valence electrons. The van der Waals surface area contributed by atoms with E-state index in [9.17, 15) is 13.2 Å². The minimum Gasteiger partial charge on any atom is -0.465 e. The van der Waals surface area contributed by atoms with Crippen LogP contribution in [0.1, 0.15) is 44.7 Å². The minimum absolute atomic E-state index is 0.00563. The first-order valence-electron chi connectivity index (χ1n) is 8.54. The zero-order chi connectivity index (χ0) is 19.4. The van der Waals surface area contributed by atoms with Gasteiger partial charge in [0.15, 0.2) is 14.6 Å². The second kappa shape index (κ2) is 8.03. The number of hydrogen-bond acceptors (Lipinski definition) is 6. The highest BCUT2D eigenvalue weighted by Gasteiger charge is 2.48. The Balaban J connectivity index is 2.12. The van der Waals surface area contributed by atoms with Crippen LogP contribution in [0.3, 0.4) is 0 Å². The Bertz CT molecular complexity index is 811. The fraction of sp³-hybridized carbons (Fsp3) is 0.474. The average molecular weight is 379 g/mol. The summed E-state index contributed by atoms with van der Waals surface area (Å²) in [7, 11) is -3.68. The van der Waals surface area contributed by atoms with Crippen molar-refractivity contribution in [3.05, 3.63) is 41.5 Å². The Morgan fingerprint density at radius 3 is 2.58 bits per heavy atom. The first-order valence-corrected chi connectivity index (χ1v) is 10.4. The van der Waals surface area contributed by atoms with E-state index in [1.54, 1.807) is 6.92 Å². The maximum absolute atomic E-state index is 12.2. The quantitative estimate of drug-likeness (QED) is 0.680. The van der Waals surface area contributed by atoms with Gasteiger partial charge in [0.05, 0.1) is 12.3 Å². The Morgan fingerprint density at radius 1 is 1.38 bits per heavy atom. The first-order chi connectivity index (χ1) is 12.2. The van der Waals surface area contributed by atoms with Crippen molar-refractivity contribution < 1.29 is 22.8 Å². The molecule has 1 aliphatic rings. The third kappa shape index (κ3) is 4.33. The number of esters is 1. The number of carbonyl (C=O) groups excluding carboxylic acids is 1. The molecule has 2 rings (SSSR count). The molecule has 0 amide bonds. The molecule has 1 aromatic rings. The summed E-state index contributed by atoms with van der Waals surface area (Å²) >= 11 is 0. The Morgan fingerprint density at radius 2 is 2.04 bits per heavy atom. The van der Waals surface area contributed by atoms with Gasteiger partial charge in [0.1, 0.15) is 6.10 Å². The molecule has 0 aromatic heterocycles. The van der Waals surface area contributed by atoms with Crippen LogP contribution >= 0.6 is 0 Å². The third-order valence-electron chi connectivity index (χ3n) is 4.48. The molecule has 0 fully saturated rings. The molecule has 6 nitrogen and oxygen atoms in total. The molecule has 26 heavy (non-hydrogen) atoms. The minimum atomic E-state index is -3.68. The molecule has 1 aromatic carbocycles. The van der Waals surface area contributed by atoms with E-state index in [0.717, 1.165) is 23.1 Å². The Kier molecular flexibility index (Phi) is 6.23. The highest BCUT2D eigenvalue weighted by atomic mass is 32.2. The molecule has 7 heteroatoms. The summed E-state index contributed by atoms with van der Waals surface area (Å²) in [6.45, 7) is 5.10. The molecule has 0 saturated heterocycles. The van der Waals surface area contributed by atoms with Gasteiger partial charge in [-0.2, -0.15) is 0 Å². The van der Waals surface area contributed by atoms with Crippen molar-refractivity contribution in [2.24, 2.45) is 5.16 Å². The fourth-order valence-corrected chi connectivity index (χ4v) is 3.64. The van der Waals surface area contributed by atoms with E-state index in [1.165, 1.54) is 6.92 Å². The van der Waals surface area contributed by atoms with Crippen molar-refractivity contribution >= 4 is 27.6 Å². The highest BCUT2D eigenvalue weighted by molar-refractivity contribution is 7.92. The normalized spacial score (nSPS) is 19.7. The Hall–Kier alpha value is -2.15. The molecule has 0 saturated carbocycles. The van der Waals surface area contributed by atoms with E-state index in [1.807, 2.05) is 43.3 Å². The smallest absolute Gasteiger partial charge is 0.327 e. The monoisotopic (exact) mass is 379 g/mol. The lowest BCUT2D eigenvalue weighted by Gasteiger charge is -2.27. The number of hydrogen-bond donors (Lipinski definition) is 0. The van der Waals surface area contributed by atoms with Gasteiger partial charge in [0, 0.05) is 19.1 Å². The van der Waals surface area contributed by atoms with Crippen molar-refractivity contribution in [1.29, 1.82) is 0 Å². The first kappa shape index (κ1) is 20.2. The van der Waals surface area contributed by atoms with Crippen molar-refractivity contribution in [2.45, 2.75) is 44.5 Å². The lowest BCUT2D eigenvalue weighted by Crippen LogP contribution is -2.47. The number of benzene rings is 1. The predicted octanol–water partition coefficient (Wildman–Crippen LogP) is 2.97. The molecule has 1 heterocycles. The second-order valence-electron chi connectivity index (χ2n) is 6.52. The van der Waals surface area contributed by atoms with E-state index in [4.69, 9.17) is 9.57 Å². The highest BCUT2D eigenvalue weighted by Crippen LogP contribution is 2.30. The number of carbonyl (C=O) groups is 1. The van der Waals surface area contributed by atoms with Gasteiger partial charge in [-0.15, -0.1) is 0 Å². The van der Waals surface area contributed by atoms with Gasteiger partial charge in [-0.25, -0.2) is 8.42 Å². The number of allylic oxidation sites excluding steroid dienone is 1. The average Bonchev–Trinajstić information content (AvgIpc) is 3.03. The predicted molar refractivity (Wildman–Crippen MR) is 102 cm³/mol. The molecular weight excluding hydrogens is 354 g/mol. The maximum Gasteiger partial charge on any atom is 0.327 e. The van der Waals surface area contributed by atoms with Crippen LogP contribution in [-0.2, 0) is 24.2 Å². The van der Waals surface area contributed by atoms with Crippen molar-refractivity contribution in [1.82, 2.24) is 0 Å².